The van der Waals surface area contributed by atoms with E-state index in [-0.39, 0.29) is 36.5 Å². The number of likely N-dealkylation sites (tertiary alicyclic amines) is 1. The molecule has 0 N–H and O–H groups in total. The summed E-state index contributed by atoms with van der Waals surface area (Å²) in [5, 5.41) is 0. The van der Waals surface area contributed by atoms with E-state index in [9.17, 15) is 19.2 Å². The molecule has 4 unspecified atom stereocenters. The second-order valence-corrected chi connectivity index (χ2v) is 7.79. The third kappa shape index (κ3) is 2.94. The van der Waals surface area contributed by atoms with Crippen LogP contribution in [-0.2, 0) is 19.2 Å². The summed E-state index contributed by atoms with van der Waals surface area (Å²) in [6.07, 6.45) is 6.59. The van der Waals surface area contributed by atoms with Gasteiger partial charge in [-0.2, -0.15) is 0 Å². The molecule has 0 spiro atoms. The summed E-state index contributed by atoms with van der Waals surface area (Å²) >= 11 is 0. The summed E-state index contributed by atoms with van der Waals surface area (Å²) in [7, 11) is 0. The monoisotopic (exact) mass is 392 g/mol. The lowest BCUT2D eigenvalue weighted by Crippen LogP contribution is -2.35. The third-order valence-electron chi connectivity index (χ3n) is 6.16. The van der Waals surface area contributed by atoms with Gasteiger partial charge in [0.05, 0.1) is 29.4 Å². The molecule has 1 aromatic carbocycles. The molecule has 3 aliphatic rings. The lowest BCUT2D eigenvalue weighted by atomic mass is 9.70. The molecular formula is C23H24N2O4. The van der Waals surface area contributed by atoms with Gasteiger partial charge < -0.3 is 0 Å². The van der Waals surface area contributed by atoms with E-state index in [0.717, 1.165) is 0 Å². The molecule has 1 aliphatic carbocycles. The highest BCUT2D eigenvalue weighted by atomic mass is 16.2. The average Bonchev–Trinajstić information content (AvgIpc) is 3.11. The Kier molecular flexibility index (Phi) is 4.94. The summed E-state index contributed by atoms with van der Waals surface area (Å²) < 4.78 is 0. The molecule has 2 heterocycles. The number of hydrogen-bond acceptors (Lipinski definition) is 4. The predicted molar refractivity (Wildman–Crippen MR) is 107 cm³/mol. The molecule has 2 aliphatic heterocycles. The van der Waals surface area contributed by atoms with Crippen LogP contribution in [0, 0.1) is 23.7 Å². The van der Waals surface area contributed by atoms with Crippen molar-refractivity contribution < 1.29 is 19.2 Å². The summed E-state index contributed by atoms with van der Waals surface area (Å²) in [5.74, 6) is -3.20. The number of anilines is 1. The first kappa shape index (κ1) is 19.3. The standard InChI is InChI=1S/C23H24N2O4/c1-3-8-14(9-4-2)24-20(26)16-12-18-19(13-17(16)21(24)27)23(29)25(22(18)28)15-10-6-5-7-11-15/h3,5-11,16-19H,4,12-13H2,1-2H3/b8-3-,14-9+. The molecule has 4 rings (SSSR count). The minimum atomic E-state index is -0.541. The van der Waals surface area contributed by atoms with Crippen LogP contribution in [0.1, 0.15) is 33.1 Å². The number of nitrogens with zero attached hydrogens (tertiary/aromatic N) is 2. The maximum absolute atomic E-state index is 13.1. The molecule has 6 heteroatoms. The molecule has 0 radical (unpaired) electrons. The zero-order valence-electron chi connectivity index (χ0n) is 16.6. The molecule has 29 heavy (non-hydrogen) atoms. The molecule has 3 fully saturated rings. The van der Waals surface area contributed by atoms with Gasteiger partial charge in [-0.1, -0.05) is 37.3 Å². The summed E-state index contributed by atoms with van der Waals surface area (Å²) in [6, 6.07) is 8.83. The highest BCUT2D eigenvalue weighted by Gasteiger charge is 2.60. The maximum atomic E-state index is 13.1. The van der Waals surface area contributed by atoms with Crippen LogP contribution >= 0.6 is 0 Å². The maximum Gasteiger partial charge on any atom is 0.237 e. The van der Waals surface area contributed by atoms with Crippen LogP contribution in [0.2, 0.25) is 0 Å². The van der Waals surface area contributed by atoms with Gasteiger partial charge in [0, 0.05) is 5.70 Å². The number of fused-ring (bicyclic) bond motifs is 2. The number of carbonyl (C=O) groups excluding carboxylic acids is 4. The van der Waals surface area contributed by atoms with Gasteiger partial charge in [-0.3, -0.25) is 29.0 Å². The van der Waals surface area contributed by atoms with Gasteiger partial charge in [0.25, 0.3) is 0 Å². The second kappa shape index (κ2) is 7.43. The van der Waals surface area contributed by atoms with Gasteiger partial charge in [-0.25, -0.2) is 0 Å². The van der Waals surface area contributed by atoms with Crippen LogP contribution in [0.4, 0.5) is 5.69 Å². The Morgan fingerprint density at radius 3 is 1.90 bits per heavy atom. The van der Waals surface area contributed by atoms with E-state index in [2.05, 4.69) is 0 Å². The van der Waals surface area contributed by atoms with E-state index >= 15 is 0 Å². The predicted octanol–water partition coefficient (Wildman–Crippen LogP) is 3.06. The van der Waals surface area contributed by atoms with Crippen molar-refractivity contribution in [3.8, 4) is 0 Å². The molecule has 0 bridgehead atoms. The van der Waals surface area contributed by atoms with Crippen molar-refractivity contribution in [1.29, 1.82) is 0 Å². The van der Waals surface area contributed by atoms with Crippen molar-refractivity contribution >= 4 is 29.3 Å². The topological polar surface area (TPSA) is 74.8 Å². The van der Waals surface area contributed by atoms with Crippen LogP contribution in [-0.4, -0.2) is 28.5 Å². The molecule has 0 aromatic heterocycles. The van der Waals surface area contributed by atoms with Crippen LogP contribution < -0.4 is 4.90 Å². The number of para-hydroxylation sites is 1. The third-order valence-corrected chi connectivity index (χ3v) is 6.16. The van der Waals surface area contributed by atoms with Crippen molar-refractivity contribution in [3.63, 3.8) is 0 Å². The molecule has 4 atom stereocenters. The molecular weight excluding hydrogens is 368 g/mol. The molecule has 6 nitrogen and oxygen atoms in total. The Morgan fingerprint density at radius 1 is 0.897 bits per heavy atom. The largest absolute Gasteiger partial charge is 0.274 e. The second-order valence-electron chi connectivity index (χ2n) is 7.79. The highest BCUT2D eigenvalue weighted by Crippen LogP contribution is 2.49. The number of carbonyl (C=O) groups is 4. The van der Waals surface area contributed by atoms with Gasteiger partial charge in [0.1, 0.15) is 0 Å². The van der Waals surface area contributed by atoms with Crippen LogP contribution in [0.3, 0.4) is 0 Å². The Hall–Kier alpha value is -3.02. The lowest BCUT2D eigenvalue weighted by molar-refractivity contribution is -0.137. The molecule has 150 valence electrons. The zero-order chi connectivity index (χ0) is 20.7. The molecule has 4 amide bonds. The van der Waals surface area contributed by atoms with E-state index in [1.807, 2.05) is 26.0 Å². The fourth-order valence-corrected chi connectivity index (χ4v) is 4.88. The molecule has 2 saturated heterocycles. The summed E-state index contributed by atoms with van der Waals surface area (Å²) in [4.78, 5) is 54.7. The summed E-state index contributed by atoms with van der Waals surface area (Å²) in [5.41, 5.74) is 1.12. The Morgan fingerprint density at radius 2 is 1.41 bits per heavy atom. The van der Waals surface area contributed by atoms with Crippen LogP contribution in [0.5, 0.6) is 0 Å². The Bertz CT molecular complexity index is 891. The van der Waals surface area contributed by atoms with Crippen molar-refractivity contribution in [2.24, 2.45) is 23.7 Å². The minimum absolute atomic E-state index is 0.250. The first-order valence-electron chi connectivity index (χ1n) is 10.1. The zero-order valence-corrected chi connectivity index (χ0v) is 16.6. The first-order valence-corrected chi connectivity index (χ1v) is 10.1. The fraction of sp³-hybridized carbons (Fsp3) is 0.391. The highest BCUT2D eigenvalue weighted by molar-refractivity contribution is 6.22. The van der Waals surface area contributed by atoms with E-state index in [4.69, 9.17) is 0 Å². The van der Waals surface area contributed by atoms with Gasteiger partial charge in [-0.05, 0) is 44.4 Å². The number of imide groups is 2. The minimum Gasteiger partial charge on any atom is -0.274 e. The van der Waals surface area contributed by atoms with Crippen molar-refractivity contribution in [2.75, 3.05) is 4.90 Å². The van der Waals surface area contributed by atoms with E-state index in [1.54, 1.807) is 36.4 Å². The average molecular weight is 392 g/mol. The SMILES string of the molecule is C/C=C\C(=C/CC)N1C(=O)C2CC3C(=O)N(c4ccccc4)C(=O)C3CC2C1=O. The lowest BCUT2D eigenvalue weighted by Gasteiger charge is -2.28. The van der Waals surface area contributed by atoms with Gasteiger partial charge >= 0.3 is 0 Å². The van der Waals surface area contributed by atoms with E-state index in [0.29, 0.717) is 17.8 Å². The number of hydrogen-bond donors (Lipinski definition) is 0. The molecule has 1 aromatic rings. The summed E-state index contributed by atoms with van der Waals surface area (Å²) in [6.45, 7) is 3.78. The number of allylic oxidation sites excluding steroid dienone is 3. The van der Waals surface area contributed by atoms with E-state index < -0.39 is 23.7 Å². The van der Waals surface area contributed by atoms with Crippen LogP contribution in [0.15, 0.2) is 54.3 Å². The van der Waals surface area contributed by atoms with Gasteiger partial charge in [-0.15, -0.1) is 0 Å². The molecule has 1 saturated carbocycles. The van der Waals surface area contributed by atoms with Gasteiger partial charge in [0.2, 0.25) is 23.6 Å². The van der Waals surface area contributed by atoms with Crippen molar-refractivity contribution in [3.05, 3.63) is 54.3 Å². The number of amides is 4. The first-order chi connectivity index (χ1) is 14.0. The number of benzene rings is 1. The van der Waals surface area contributed by atoms with E-state index in [1.165, 1.54) is 9.80 Å². The normalized spacial score (nSPS) is 29.8. The van der Waals surface area contributed by atoms with Crippen molar-refractivity contribution in [2.45, 2.75) is 33.1 Å². The van der Waals surface area contributed by atoms with Crippen LogP contribution in [0.25, 0.3) is 0 Å². The Labute approximate surface area is 169 Å². The Balaban J connectivity index is 1.63. The fourth-order valence-electron chi connectivity index (χ4n) is 4.88. The quantitative estimate of drug-likeness (QED) is 0.583. The number of rotatable bonds is 4. The van der Waals surface area contributed by atoms with Crippen molar-refractivity contribution in [1.82, 2.24) is 4.90 Å². The van der Waals surface area contributed by atoms with Gasteiger partial charge in [0.15, 0.2) is 0 Å². The smallest absolute Gasteiger partial charge is 0.237 e.